The Morgan fingerprint density at radius 1 is 1.67 bits per heavy atom. The minimum atomic E-state index is 0.371. The van der Waals surface area contributed by atoms with Crippen molar-refractivity contribution in [3.05, 3.63) is 18.5 Å². The Labute approximate surface area is 94.8 Å². The molecule has 1 aromatic heterocycles. The van der Waals surface area contributed by atoms with Gasteiger partial charge in [-0.3, -0.25) is 4.98 Å². The topological polar surface area (TPSA) is 50.9 Å². The summed E-state index contributed by atoms with van der Waals surface area (Å²) in [5.74, 6) is 1.28. The van der Waals surface area contributed by atoms with E-state index in [-0.39, 0.29) is 0 Å². The lowest BCUT2D eigenvalue weighted by Gasteiger charge is -2.23. The van der Waals surface area contributed by atoms with Crippen LogP contribution in [-0.4, -0.2) is 22.0 Å². The largest absolute Gasteiger partial charge is 0.396 e. The summed E-state index contributed by atoms with van der Waals surface area (Å²) >= 11 is 2.05. The summed E-state index contributed by atoms with van der Waals surface area (Å²) in [6.07, 6.45) is 6.07. The van der Waals surface area contributed by atoms with Gasteiger partial charge in [0.05, 0.1) is 17.6 Å². The van der Waals surface area contributed by atoms with Gasteiger partial charge in [-0.25, -0.2) is 0 Å². The molecule has 1 atom stereocenters. The summed E-state index contributed by atoms with van der Waals surface area (Å²) < 4.78 is 0.371. The number of hydrogen-bond acceptors (Lipinski definition) is 4. The fourth-order valence-corrected chi connectivity index (χ4v) is 3.07. The average Bonchev–Trinajstić information content (AvgIpc) is 2.65. The molecule has 0 aliphatic carbocycles. The average molecular weight is 223 g/mol. The molecule has 0 spiro atoms. The minimum absolute atomic E-state index is 0.371. The summed E-state index contributed by atoms with van der Waals surface area (Å²) in [6.45, 7) is 3.29. The number of thioether (sulfide) groups is 1. The molecule has 0 bridgehead atoms. The Hall–Kier alpha value is -0.900. The van der Waals surface area contributed by atoms with Crippen LogP contribution in [0.3, 0.4) is 0 Å². The lowest BCUT2D eigenvalue weighted by atomic mass is 10.1. The molecule has 0 radical (unpaired) electrons. The van der Waals surface area contributed by atoms with Gasteiger partial charge in [0.1, 0.15) is 0 Å². The minimum Gasteiger partial charge on any atom is -0.396 e. The second kappa shape index (κ2) is 4.31. The van der Waals surface area contributed by atoms with E-state index in [0.717, 1.165) is 17.9 Å². The third-order valence-corrected chi connectivity index (χ3v) is 4.34. The SMILES string of the molecule is CC1(CNc2ccncc2N)CCCS1. The number of nitrogens with two attached hydrogens (primary N) is 1. The lowest BCUT2D eigenvalue weighted by Crippen LogP contribution is -2.27. The summed E-state index contributed by atoms with van der Waals surface area (Å²) in [6, 6.07) is 1.93. The van der Waals surface area contributed by atoms with E-state index >= 15 is 0 Å². The zero-order valence-electron chi connectivity index (χ0n) is 8.99. The van der Waals surface area contributed by atoms with E-state index in [9.17, 15) is 0 Å². The highest BCUT2D eigenvalue weighted by atomic mass is 32.2. The second-order valence-electron chi connectivity index (χ2n) is 4.22. The van der Waals surface area contributed by atoms with Crippen LogP contribution in [0.25, 0.3) is 0 Å². The molecule has 0 amide bonds. The fraction of sp³-hybridized carbons (Fsp3) is 0.545. The number of nitrogen functional groups attached to an aromatic ring is 1. The molecule has 2 rings (SSSR count). The van der Waals surface area contributed by atoms with Crippen molar-refractivity contribution in [2.45, 2.75) is 24.5 Å². The molecular weight excluding hydrogens is 206 g/mol. The van der Waals surface area contributed by atoms with Crippen molar-refractivity contribution in [3.8, 4) is 0 Å². The molecule has 0 saturated carbocycles. The highest BCUT2D eigenvalue weighted by Gasteiger charge is 2.29. The highest BCUT2D eigenvalue weighted by molar-refractivity contribution is 8.00. The standard InChI is InChI=1S/C11H17N3S/c1-11(4-2-6-15-11)8-14-10-3-5-13-7-9(10)12/h3,5,7H,2,4,6,8,12H2,1H3,(H,13,14). The Bertz CT molecular complexity index is 334. The molecular formula is C11H17N3S. The smallest absolute Gasteiger partial charge is 0.0736 e. The third-order valence-electron chi connectivity index (χ3n) is 2.81. The number of aromatic nitrogens is 1. The van der Waals surface area contributed by atoms with E-state index in [2.05, 4.69) is 29.0 Å². The van der Waals surface area contributed by atoms with Crippen molar-refractivity contribution in [2.24, 2.45) is 0 Å². The Morgan fingerprint density at radius 2 is 2.53 bits per heavy atom. The van der Waals surface area contributed by atoms with Gasteiger partial charge in [-0.15, -0.1) is 0 Å². The summed E-state index contributed by atoms with van der Waals surface area (Å²) in [7, 11) is 0. The molecule has 2 heterocycles. The Kier molecular flexibility index (Phi) is 3.05. The molecule has 1 fully saturated rings. The van der Waals surface area contributed by atoms with Crippen molar-refractivity contribution in [1.82, 2.24) is 4.98 Å². The monoisotopic (exact) mass is 223 g/mol. The van der Waals surface area contributed by atoms with Crippen LogP contribution in [0.15, 0.2) is 18.5 Å². The van der Waals surface area contributed by atoms with Crippen molar-refractivity contribution in [1.29, 1.82) is 0 Å². The zero-order valence-corrected chi connectivity index (χ0v) is 9.81. The summed E-state index contributed by atoms with van der Waals surface area (Å²) in [5, 5.41) is 3.41. The lowest BCUT2D eigenvalue weighted by molar-refractivity contribution is 0.635. The number of rotatable bonds is 3. The number of hydrogen-bond donors (Lipinski definition) is 2. The van der Waals surface area contributed by atoms with Crippen LogP contribution in [0.1, 0.15) is 19.8 Å². The second-order valence-corrected chi connectivity index (χ2v) is 5.90. The molecule has 3 N–H and O–H groups in total. The molecule has 1 unspecified atom stereocenters. The van der Waals surface area contributed by atoms with Gasteiger partial charge in [0.25, 0.3) is 0 Å². The molecule has 0 aromatic carbocycles. The van der Waals surface area contributed by atoms with Crippen LogP contribution in [0.4, 0.5) is 11.4 Å². The van der Waals surface area contributed by atoms with E-state index in [1.165, 1.54) is 18.6 Å². The van der Waals surface area contributed by atoms with Crippen molar-refractivity contribution < 1.29 is 0 Å². The van der Waals surface area contributed by atoms with E-state index in [1.807, 2.05) is 6.07 Å². The molecule has 3 nitrogen and oxygen atoms in total. The summed E-state index contributed by atoms with van der Waals surface area (Å²) in [5.41, 5.74) is 7.54. The van der Waals surface area contributed by atoms with Gasteiger partial charge < -0.3 is 11.1 Å². The van der Waals surface area contributed by atoms with E-state index < -0.39 is 0 Å². The van der Waals surface area contributed by atoms with E-state index in [0.29, 0.717) is 4.75 Å². The van der Waals surface area contributed by atoms with E-state index in [4.69, 9.17) is 5.73 Å². The Balaban J connectivity index is 1.95. The van der Waals surface area contributed by atoms with Gasteiger partial charge in [-0.2, -0.15) is 11.8 Å². The van der Waals surface area contributed by atoms with Gasteiger partial charge in [-0.1, -0.05) is 0 Å². The molecule has 15 heavy (non-hydrogen) atoms. The maximum atomic E-state index is 5.82. The van der Waals surface area contributed by atoms with Crippen LogP contribution >= 0.6 is 11.8 Å². The van der Waals surface area contributed by atoms with Gasteiger partial charge in [0.2, 0.25) is 0 Å². The Morgan fingerprint density at radius 3 is 3.20 bits per heavy atom. The third kappa shape index (κ3) is 2.56. The summed E-state index contributed by atoms with van der Waals surface area (Å²) in [4.78, 5) is 3.97. The maximum absolute atomic E-state index is 5.82. The maximum Gasteiger partial charge on any atom is 0.0736 e. The van der Waals surface area contributed by atoms with Crippen molar-refractivity contribution in [2.75, 3.05) is 23.3 Å². The predicted octanol–water partition coefficient (Wildman–Crippen LogP) is 2.36. The van der Waals surface area contributed by atoms with Crippen molar-refractivity contribution in [3.63, 3.8) is 0 Å². The van der Waals surface area contributed by atoms with Crippen LogP contribution < -0.4 is 11.1 Å². The van der Waals surface area contributed by atoms with Gasteiger partial charge >= 0.3 is 0 Å². The van der Waals surface area contributed by atoms with Crippen LogP contribution in [0.5, 0.6) is 0 Å². The number of nitrogens with zero attached hydrogens (tertiary/aromatic N) is 1. The number of nitrogens with one attached hydrogen (secondary N) is 1. The first kappa shape index (κ1) is 10.6. The molecule has 1 aliphatic heterocycles. The number of pyridine rings is 1. The van der Waals surface area contributed by atoms with Gasteiger partial charge in [0.15, 0.2) is 0 Å². The van der Waals surface area contributed by atoms with Crippen LogP contribution in [-0.2, 0) is 0 Å². The highest BCUT2D eigenvalue weighted by Crippen LogP contribution is 2.37. The first-order valence-corrected chi connectivity index (χ1v) is 6.25. The van der Waals surface area contributed by atoms with Crippen LogP contribution in [0, 0.1) is 0 Å². The zero-order chi connectivity index (χ0) is 10.7. The molecule has 1 saturated heterocycles. The molecule has 1 aliphatic rings. The quantitative estimate of drug-likeness (QED) is 0.826. The van der Waals surface area contributed by atoms with Gasteiger partial charge in [0, 0.05) is 17.5 Å². The molecule has 4 heteroatoms. The van der Waals surface area contributed by atoms with Gasteiger partial charge in [-0.05, 0) is 31.6 Å². The molecule has 82 valence electrons. The molecule has 1 aromatic rings. The predicted molar refractivity (Wildman–Crippen MR) is 67.2 cm³/mol. The normalized spacial score (nSPS) is 25.4. The van der Waals surface area contributed by atoms with Crippen molar-refractivity contribution >= 4 is 23.1 Å². The number of anilines is 2. The fourth-order valence-electron chi connectivity index (χ4n) is 1.83. The van der Waals surface area contributed by atoms with Crippen LogP contribution in [0.2, 0.25) is 0 Å². The first-order chi connectivity index (χ1) is 7.20. The van der Waals surface area contributed by atoms with E-state index in [1.54, 1.807) is 12.4 Å². The first-order valence-electron chi connectivity index (χ1n) is 5.27.